The third kappa shape index (κ3) is 5.44. The molecule has 2 amide bonds. The zero-order chi connectivity index (χ0) is 19.4. The van der Waals surface area contributed by atoms with Crippen molar-refractivity contribution < 1.29 is 24.2 Å². The Morgan fingerprint density at radius 1 is 1.15 bits per heavy atom. The molecule has 1 aromatic carbocycles. The molecule has 0 atom stereocenters. The SMILES string of the molecule is CC1(C)CCC(C)(C)OCC(NC(=O)c2cccc(NC=O)c2O)CO1. The van der Waals surface area contributed by atoms with Gasteiger partial charge in [0.1, 0.15) is 0 Å². The number of ether oxygens (including phenoxy) is 2. The highest BCUT2D eigenvalue weighted by atomic mass is 16.5. The summed E-state index contributed by atoms with van der Waals surface area (Å²) in [6.45, 7) is 8.70. The first-order valence-corrected chi connectivity index (χ1v) is 8.74. The van der Waals surface area contributed by atoms with Crippen molar-refractivity contribution in [2.24, 2.45) is 0 Å². The molecule has 1 aliphatic heterocycles. The maximum atomic E-state index is 12.6. The molecule has 1 aliphatic rings. The fourth-order valence-electron chi connectivity index (χ4n) is 2.70. The number of hydrogen-bond donors (Lipinski definition) is 3. The Morgan fingerprint density at radius 3 is 2.27 bits per heavy atom. The summed E-state index contributed by atoms with van der Waals surface area (Å²) in [6.07, 6.45) is 2.14. The zero-order valence-corrected chi connectivity index (χ0v) is 15.8. The van der Waals surface area contributed by atoms with Crippen molar-refractivity contribution in [2.45, 2.75) is 57.8 Å². The van der Waals surface area contributed by atoms with Crippen LogP contribution in [0.1, 0.15) is 50.9 Å². The molecule has 0 radical (unpaired) electrons. The fourth-order valence-corrected chi connectivity index (χ4v) is 2.70. The van der Waals surface area contributed by atoms with Crippen LogP contribution in [0.25, 0.3) is 0 Å². The van der Waals surface area contributed by atoms with Crippen molar-refractivity contribution in [3.05, 3.63) is 23.8 Å². The average molecular weight is 364 g/mol. The van der Waals surface area contributed by atoms with Crippen LogP contribution in [-0.4, -0.2) is 47.9 Å². The first-order valence-electron chi connectivity index (χ1n) is 8.74. The minimum atomic E-state index is -0.455. The van der Waals surface area contributed by atoms with E-state index < -0.39 is 5.91 Å². The van der Waals surface area contributed by atoms with Gasteiger partial charge in [0.2, 0.25) is 6.41 Å². The van der Waals surface area contributed by atoms with Crippen LogP contribution in [0.4, 0.5) is 5.69 Å². The van der Waals surface area contributed by atoms with Crippen LogP contribution in [0, 0.1) is 0 Å². The third-order valence-corrected chi connectivity index (χ3v) is 4.51. The lowest BCUT2D eigenvalue weighted by Gasteiger charge is -2.29. The van der Waals surface area contributed by atoms with E-state index >= 15 is 0 Å². The van der Waals surface area contributed by atoms with E-state index in [9.17, 15) is 14.7 Å². The Balaban J connectivity index is 2.13. The van der Waals surface area contributed by atoms with Gasteiger partial charge in [-0.15, -0.1) is 0 Å². The largest absolute Gasteiger partial charge is 0.505 e. The molecule has 1 heterocycles. The number of benzene rings is 1. The quantitative estimate of drug-likeness (QED) is 0.563. The van der Waals surface area contributed by atoms with Crippen LogP contribution in [0.15, 0.2) is 18.2 Å². The monoisotopic (exact) mass is 364 g/mol. The van der Waals surface area contributed by atoms with Crippen LogP contribution in [0.5, 0.6) is 5.75 Å². The zero-order valence-electron chi connectivity index (χ0n) is 15.8. The summed E-state index contributed by atoms with van der Waals surface area (Å²) in [6, 6.07) is 4.23. The molecule has 0 aromatic heterocycles. The summed E-state index contributed by atoms with van der Waals surface area (Å²) in [7, 11) is 0. The number of hydrogen-bond acceptors (Lipinski definition) is 5. The van der Waals surface area contributed by atoms with Gasteiger partial charge in [-0.3, -0.25) is 9.59 Å². The van der Waals surface area contributed by atoms with E-state index in [0.29, 0.717) is 19.6 Å². The molecule has 7 heteroatoms. The third-order valence-electron chi connectivity index (χ3n) is 4.51. The van der Waals surface area contributed by atoms with Crippen LogP contribution in [-0.2, 0) is 14.3 Å². The van der Waals surface area contributed by atoms with E-state index in [2.05, 4.69) is 10.6 Å². The summed E-state index contributed by atoms with van der Waals surface area (Å²) in [4.78, 5) is 23.2. The van der Waals surface area contributed by atoms with Crippen LogP contribution in [0.3, 0.4) is 0 Å². The van der Waals surface area contributed by atoms with E-state index in [4.69, 9.17) is 9.47 Å². The molecule has 1 saturated heterocycles. The molecule has 0 spiro atoms. The second-order valence-corrected chi connectivity index (χ2v) is 7.78. The van der Waals surface area contributed by atoms with E-state index in [-0.39, 0.29) is 34.2 Å². The number of phenols is 1. The van der Waals surface area contributed by atoms with Gasteiger partial charge in [0.25, 0.3) is 5.91 Å². The van der Waals surface area contributed by atoms with Gasteiger partial charge in [-0.1, -0.05) is 6.07 Å². The topological polar surface area (TPSA) is 96.9 Å². The van der Waals surface area contributed by atoms with Crippen molar-refractivity contribution in [3.63, 3.8) is 0 Å². The van der Waals surface area contributed by atoms with Gasteiger partial charge in [0, 0.05) is 0 Å². The second-order valence-electron chi connectivity index (χ2n) is 7.78. The number of aromatic hydroxyl groups is 1. The summed E-state index contributed by atoms with van der Waals surface area (Å²) < 4.78 is 11.9. The van der Waals surface area contributed by atoms with Crippen molar-refractivity contribution in [3.8, 4) is 5.75 Å². The number of phenolic OH excluding ortho intramolecular Hbond substituents is 1. The van der Waals surface area contributed by atoms with Crippen LogP contribution >= 0.6 is 0 Å². The number of nitrogens with one attached hydrogen (secondary N) is 2. The Bertz CT molecular complexity index is 637. The molecule has 7 nitrogen and oxygen atoms in total. The van der Waals surface area contributed by atoms with E-state index in [1.807, 2.05) is 27.7 Å². The normalized spacial score (nSPS) is 20.3. The summed E-state index contributed by atoms with van der Waals surface area (Å²) in [5, 5.41) is 15.4. The molecule has 144 valence electrons. The number of amides is 2. The predicted octanol–water partition coefficient (Wildman–Crippen LogP) is 2.44. The molecule has 26 heavy (non-hydrogen) atoms. The Hall–Kier alpha value is -2.12. The Labute approximate surface area is 154 Å². The van der Waals surface area contributed by atoms with Gasteiger partial charge < -0.3 is 25.2 Å². The molecule has 0 saturated carbocycles. The van der Waals surface area contributed by atoms with Crippen molar-refractivity contribution >= 4 is 18.0 Å². The second kappa shape index (κ2) is 8.05. The van der Waals surface area contributed by atoms with Gasteiger partial charge in [0.15, 0.2) is 5.75 Å². The average Bonchev–Trinajstić information content (AvgIpc) is 2.62. The predicted molar refractivity (Wildman–Crippen MR) is 98.3 cm³/mol. The Kier molecular flexibility index (Phi) is 6.26. The molecular weight excluding hydrogens is 336 g/mol. The number of carbonyl (C=O) groups excluding carboxylic acids is 2. The maximum Gasteiger partial charge on any atom is 0.255 e. The molecule has 2 rings (SSSR count). The number of carbonyl (C=O) groups is 2. The molecular formula is C19H28N2O5. The summed E-state index contributed by atoms with van der Waals surface area (Å²) in [5.74, 6) is -0.730. The highest BCUT2D eigenvalue weighted by Crippen LogP contribution is 2.28. The van der Waals surface area contributed by atoms with E-state index in [0.717, 1.165) is 12.8 Å². The van der Waals surface area contributed by atoms with Crippen molar-refractivity contribution in [1.82, 2.24) is 5.32 Å². The van der Waals surface area contributed by atoms with Gasteiger partial charge in [0.05, 0.1) is 41.7 Å². The molecule has 0 aliphatic carbocycles. The minimum absolute atomic E-state index is 0.0789. The smallest absolute Gasteiger partial charge is 0.255 e. The first kappa shape index (κ1) is 20.2. The van der Waals surface area contributed by atoms with Crippen molar-refractivity contribution in [2.75, 3.05) is 18.5 Å². The highest BCUT2D eigenvalue weighted by Gasteiger charge is 2.30. The van der Waals surface area contributed by atoms with Crippen LogP contribution in [0.2, 0.25) is 0 Å². The molecule has 3 N–H and O–H groups in total. The van der Waals surface area contributed by atoms with Gasteiger partial charge >= 0.3 is 0 Å². The summed E-state index contributed by atoms with van der Waals surface area (Å²) >= 11 is 0. The number of anilines is 1. The molecule has 0 unspecified atom stereocenters. The lowest BCUT2D eigenvalue weighted by atomic mass is 9.94. The van der Waals surface area contributed by atoms with E-state index in [1.54, 1.807) is 6.07 Å². The minimum Gasteiger partial charge on any atom is -0.505 e. The molecule has 1 fully saturated rings. The maximum absolute atomic E-state index is 12.6. The highest BCUT2D eigenvalue weighted by molar-refractivity contribution is 5.99. The standard InChI is InChI=1S/C19H28N2O5/c1-18(2)8-9-19(3,4)26-11-13(10-25-18)21-17(24)14-6-5-7-15(16(14)23)20-12-22/h5-7,12-13,23H,8-11H2,1-4H3,(H,20,22)(H,21,24). The Morgan fingerprint density at radius 2 is 1.73 bits per heavy atom. The van der Waals surface area contributed by atoms with Gasteiger partial charge in [-0.05, 0) is 52.7 Å². The molecule has 1 aromatic rings. The summed E-state index contributed by atoms with van der Waals surface area (Å²) in [5.41, 5.74) is -0.375. The lowest BCUT2D eigenvalue weighted by Crippen LogP contribution is -2.44. The first-order chi connectivity index (χ1) is 12.1. The molecule has 0 bridgehead atoms. The van der Waals surface area contributed by atoms with Crippen molar-refractivity contribution in [1.29, 1.82) is 0 Å². The lowest BCUT2D eigenvalue weighted by molar-refractivity contribution is -0.105. The van der Waals surface area contributed by atoms with Gasteiger partial charge in [-0.25, -0.2) is 0 Å². The number of rotatable bonds is 4. The van der Waals surface area contributed by atoms with Crippen LogP contribution < -0.4 is 10.6 Å². The number of para-hydroxylation sites is 1. The van der Waals surface area contributed by atoms with E-state index in [1.165, 1.54) is 12.1 Å². The fraction of sp³-hybridized carbons (Fsp3) is 0.579. The van der Waals surface area contributed by atoms with Gasteiger partial charge in [-0.2, -0.15) is 0 Å².